The fourth-order valence-corrected chi connectivity index (χ4v) is 3.45. The van der Waals surface area contributed by atoms with E-state index in [1.807, 2.05) is 50.4 Å². The number of benzene rings is 2. The van der Waals surface area contributed by atoms with Crippen molar-refractivity contribution in [3.63, 3.8) is 0 Å². The third kappa shape index (κ3) is 2.86. The standard InChI is InChI=1S/C24H22N4/c1-5-15(2)17-8-11-20-19(12-17)22-21(13-26-20)27-28-23(22)16-6-9-18(10-7-16)24(3,4)14-25/h6-13H,2,5H2,1,3-4H3,(H,27,28). The van der Waals surface area contributed by atoms with Gasteiger partial charge >= 0.3 is 0 Å². The topological polar surface area (TPSA) is 65.4 Å². The molecule has 1 N–H and O–H groups in total. The van der Waals surface area contributed by atoms with Crippen molar-refractivity contribution in [3.05, 3.63) is 66.4 Å². The zero-order valence-corrected chi connectivity index (χ0v) is 16.4. The summed E-state index contributed by atoms with van der Waals surface area (Å²) in [5, 5.41) is 19.2. The van der Waals surface area contributed by atoms with Gasteiger partial charge in [0.05, 0.1) is 28.7 Å². The Morgan fingerprint density at radius 2 is 1.93 bits per heavy atom. The maximum Gasteiger partial charge on any atom is 0.101 e. The van der Waals surface area contributed by atoms with Gasteiger partial charge in [-0.2, -0.15) is 10.4 Å². The fraction of sp³-hybridized carbons (Fsp3) is 0.208. The summed E-state index contributed by atoms with van der Waals surface area (Å²) in [5.74, 6) is 0. The van der Waals surface area contributed by atoms with E-state index in [1.165, 1.54) is 0 Å². The average molecular weight is 366 g/mol. The second-order valence-corrected chi connectivity index (χ2v) is 7.62. The van der Waals surface area contributed by atoms with E-state index in [0.29, 0.717) is 0 Å². The molecule has 0 amide bonds. The molecule has 0 aliphatic carbocycles. The lowest BCUT2D eigenvalue weighted by Crippen LogP contribution is -2.13. The van der Waals surface area contributed by atoms with E-state index in [9.17, 15) is 5.26 Å². The number of hydrogen-bond donors (Lipinski definition) is 1. The first kappa shape index (κ1) is 17.9. The third-order valence-electron chi connectivity index (χ3n) is 5.39. The molecule has 0 aliphatic heterocycles. The Hall–Kier alpha value is -3.45. The fourth-order valence-electron chi connectivity index (χ4n) is 3.45. The number of pyridine rings is 1. The minimum Gasteiger partial charge on any atom is -0.276 e. The van der Waals surface area contributed by atoms with E-state index in [-0.39, 0.29) is 0 Å². The number of aromatic nitrogens is 3. The highest BCUT2D eigenvalue weighted by Crippen LogP contribution is 2.34. The zero-order valence-electron chi connectivity index (χ0n) is 16.4. The number of nitrogens with zero attached hydrogens (tertiary/aromatic N) is 3. The Kier molecular flexibility index (Phi) is 4.24. The van der Waals surface area contributed by atoms with Crippen LogP contribution in [0.4, 0.5) is 0 Å². The minimum atomic E-state index is -0.516. The van der Waals surface area contributed by atoms with E-state index >= 15 is 0 Å². The molecular weight excluding hydrogens is 344 g/mol. The van der Waals surface area contributed by atoms with Gasteiger partial charge in [-0.3, -0.25) is 10.1 Å². The molecule has 2 aromatic heterocycles. The van der Waals surface area contributed by atoms with Crippen molar-refractivity contribution >= 4 is 27.4 Å². The molecule has 0 unspecified atom stereocenters. The quantitative estimate of drug-likeness (QED) is 0.481. The molecule has 4 nitrogen and oxygen atoms in total. The molecule has 138 valence electrons. The van der Waals surface area contributed by atoms with Gasteiger partial charge in [-0.15, -0.1) is 0 Å². The van der Waals surface area contributed by atoms with Crippen molar-refractivity contribution in [2.75, 3.05) is 0 Å². The van der Waals surface area contributed by atoms with Gasteiger partial charge < -0.3 is 0 Å². The first-order chi connectivity index (χ1) is 13.4. The summed E-state index contributed by atoms with van der Waals surface area (Å²) in [6.07, 6.45) is 2.74. The van der Waals surface area contributed by atoms with Crippen molar-refractivity contribution in [1.82, 2.24) is 15.2 Å². The SMILES string of the molecule is C=C(CC)c1ccc2ncc3[nH]nc(-c4ccc(C(C)(C)C#N)cc4)c3c2c1. The van der Waals surface area contributed by atoms with E-state index in [2.05, 4.69) is 46.9 Å². The Morgan fingerprint density at radius 1 is 1.18 bits per heavy atom. The van der Waals surface area contributed by atoms with Crippen LogP contribution in [-0.4, -0.2) is 15.2 Å². The molecule has 4 rings (SSSR count). The maximum absolute atomic E-state index is 9.37. The number of fused-ring (bicyclic) bond motifs is 3. The van der Waals surface area contributed by atoms with Crippen molar-refractivity contribution in [2.24, 2.45) is 0 Å². The molecule has 2 aromatic carbocycles. The molecule has 2 heterocycles. The second kappa shape index (κ2) is 6.61. The van der Waals surface area contributed by atoms with Crippen molar-refractivity contribution in [2.45, 2.75) is 32.6 Å². The van der Waals surface area contributed by atoms with Gasteiger partial charge in [0.15, 0.2) is 0 Å². The maximum atomic E-state index is 9.37. The van der Waals surface area contributed by atoms with Crippen LogP contribution < -0.4 is 0 Å². The molecule has 0 bridgehead atoms. The van der Waals surface area contributed by atoms with Gasteiger partial charge in [0.2, 0.25) is 0 Å². The molecule has 0 aliphatic rings. The number of hydrogen-bond acceptors (Lipinski definition) is 3. The summed E-state index contributed by atoms with van der Waals surface area (Å²) in [6, 6.07) is 16.7. The molecule has 0 fully saturated rings. The van der Waals surface area contributed by atoms with Crippen LogP contribution in [0.5, 0.6) is 0 Å². The highest BCUT2D eigenvalue weighted by Gasteiger charge is 2.20. The largest absolute Gasteiger partial charge is 0.276 e. The Morgan fingerprint density at radius 3 is 2.61 bits per heavy atom. The van der Waals surface area contributed by atoms with Crippen LogP contribution in [0, 0.1) is 11.3 Å². The van der Waals surface area contributed by atoms with Gasteiger partial charge in [0.25, 0.3) is 0 Å². The molecule has 0 radical (unpaired) electrons. The summed E-state index contributed by atoms with van der Waals surface area (Å²) < 4.78 is 0. The summed E-state index contributed by atoms with van der Waals surface area (Å²) in [4.78, 5) is 4.56. The monoisotopic (exact) mass is 366 g/mol. The molecule has 4 aromatic rings. The van der Waals surface area contributed by atoms with Crippen LogP contribution in [0.1, 0.15) is 38.3 Å². The third-order valence-corrected chi connectivity index (χ3v) is 5.39. The van der Waals surface area contributed by atoms with Crippen molar-refractivity contribution in [3.8, 4) is 17.3 Å². The number of aromatic amines is 1. The Labute approximate surface area is 164 Å². The van der Waals surface area contributed by atoms with Crippen LogP contribution in [0.25, 0.3) is 38.6 Å². The van der Waals surface area contributed by atoms with Crippen LogP contribution >= 0.6 is 0 Å². The number of allylic oxidation sites excluding steroid dienone is 1. The second-order valence-electron chi connectivity index (χ2n) is 7.62. The van der Waals surface area contributed by atoms with Gasteiger partial charge in [-0.25, -0.2) is 0 Å². The lowest BCUT2D eigenvalue weighted by molar-refractivity contribution is 0.687. The summed E-state index contributed by atoms with van der Waals surface area (Å²) >= 11 is 0. The van der Waals surface area contributed by atoms with Crippen LogP contribution in [0.2, 0.25) is 0 Å². The smallest absolute Gasteiger partial charge is 0.101 e. The first-order valence-electron chi connectivity index (χ1n) is 9.41. The van der Waals surface area contributed by atoms with Crippen LogP contribution in [0.3, 0.4) is 0 Å². The predicted octanol–water partition coefficient (Wildman–Crippen LogP) is 6.00. The molecule has 28 heavy (non-hydrogen) atoms. The highest BCUT2D eigenvalue weighted by molar-refractivity contribution is 6.11. The lowest BCUT2D eigenvalue weighted by atomic mass is 9.86. The minimum absolute atomic E-state index is 0.516. The zero-order chi connectivity index (χ0) is 19.9. The first-order valence-corrected chi connectivity index (χ1v) is 9.41. The van der Waals surface area contributed by atoms with Gasteiger partial charge in [-0.1, -0.05) is 43.8 Å². The van der Waals surface area contributed by atoms with E-state index in [4.69, 9.17) is 0 Å². The highest BCUT2D eigenvalue weighted by atomic mass is 15.1. The van der Waals surface area contributed by atoms with E-state index in [0.717, 1.165) is 56.2 Å². The van der Waals surface area contributed by atoms with Crippen molar-refractivity contribution in [1.29, 1.82) is 5.26 Å². The van der Waals surface area contributed by atoms with E-state index in [1.54, 1.807) is 0 Å². The molecule has 4 heteroatoms. The summed E-state index contributed by atoms with van der Waals surface area (Å²) in [7, 11) is 0. The molecule has 0 saturated heterocycles. The van der Waals surface area contributed by atoms with Gasteiger partial charge in [0.1, 0.15) is 5.69 Å². The predicted molar refractivity (Wildman–Crippen MR) is 115 cm³/mol. The molecule has 0 saturated carbocycles. The normalized spacial score (nSPS) is 11.6. The Bertz CT molecular complexity index is 1240. The van der Waals surface area contributed by atoms with Gasteiger partial charge in [0, 0.05) is 16.3 Å². The summed E-state index contributed by atoms with van der Waals surface area (Å²) in [6.45, 7) is 10.1. The number of rotatable bonds is 4. The number of nitriles is 1. The van der Waals surface area contributed by atoms with Crippen molar-refractivity contribution < 1.29 is 0 Å². The molecule has 0 atom stereocenters. The van der Waals surface area contributed by atoms with Crippen LogP contribution in [0.15, 0.2) is 55.2 Å². The van der Waals surface area contributed by atoms with Gasteiger partial charge in [-0.05, 0) is 49.1 Å². The summed E-state index contributed by atoms with van der Waals surface area (Å²) in [5.41, 5.74) is 6.45. The Balaban J connectivity index is 1.91. The molecular formula is C24H22N4. The molecule has 0 spiro atoms. The van der Waals surface area contributed by atoms with E-state index < -0.39 is 5.41 Å². The number of H-pyrrole nitrogens is 1. The van der Waals surface area contributed by atoms with Crippen LogP contribution in [-0.2, 0) is 5.41 Å². The number of nitrogens with one attached hydrogen (secondary N) is 1. The average Bonchev–Trinajstić information content (AvgIpc) is 3.17. The lowest BCUT2D eigenvalue weighted by Gasteiger charge is -2.15.